The number of ether oxygens (including phenoxy) is 2. The summed E-state index contributed by atoms with van der Waals surface area (Å²) in [5, 5.41) is 3.17. The highest BCUT2D eigenvalue weighted by Gasteiger charge is 2.10. The minimum Gasteiger partial charge on any atom is -0.379 e. The highest BCUT2D eigenvalue weighted by Crippen LogP contribution is 2.24. The summed E-state index contributed by atoms with van der Waals surface area (Å²) in [4.78, 5) is 4.36. The Morgan fingerprint density at radius 3 is 2.61 bits per heavy atom. The Morgan fingerprint density at radius 2 is 1.75 bits per heavy atom. The van der Waals surface area contributed by atoms with Crippen LogP contribution in [0.3, 0.4) is 0 Å². The maximum Gasteiger partial charge on any atom is 0.193 e. The largest absolute Gasteiger partial charge is 0.379 e. The molecule has 0 aromatic heterocycles. The summed E-state index contributed by atoms with van der Waals surface area (Å²) in [5.74, 6) is 0.458. The number of benzene rings is 2. The van der Waals surface area contributed by atoms with E-state index in [0.29, 0.717) is 38.9 Å². The second-order valence-corrected chi connectivity index (χ2v) is 6.73. The molecule has 3 rings (SSSR count). The fourth-order valence-corrected chi connectivity index (χ4v) is 3.19. The summed E-state index contributed by atoms with van der Waals surface area (Å²) >= 11 is 0. The third-order valence-corrected chi connectivity index (χ3v) is 4.58. The minimum absolute atomic E-state index is 0. The molecule has 2 aromatic rings. The number of guanidine groups is 1. The number of nitrogens with one attached hydrogen (secondary N) is 1. The van der Waals surface area contributed by atoms with Crippen molar-refractivity contribution >= 4 is 35.6 Å². The normalized spacial score (nSPS) is 13.1. The van der Waals surface area contributed by atoms with Crippen molar-refractivity contribution in [3.05, 3.63) is 65.2 Å². The Kier molecular flexibility index (Phi) is 10.3. The molecule has 152 valence electrons. The van der Waals surface area contributed by atoms with Crippen molar-refractivity contribution in [1.82, 2.24) is 0 Å². The zero-order chi connectivity index (χ0) is 18.7. The van der Waals surface area contributed by atoms with Crippen molar-refractivity contribution in [2.24, 2.45) is 10.7 Å². The van der Waals surface area contributed by atoms with Crippen molar-refractivity contribution in [1.29, 1.82) is 0 Å². The lowest BCUT2D eigenvalue weighted by Crippen LogP contribution is -2.23. The zero-order valence-electron chi connectivity index (χ0n) is 16.2. The van der Waals surface area contributed by atoms with Gasteiger partial charge in [0.25, 0.3) is 0 Å². The number of fused-ring (bicyclic) bond motifs is 1. The third kappa shape index (κ3) is 7.77. The van der Waals surface area contributed by atoms with Gasteiger partial charge in [-0.3, -0.25) is 4.99 Å². The highest BCUT2D eigenvalue weighted by atomic mass is 127. The lowest BCUT2D eigenvalue weighted by Gasteiger charge is -2.08. The lowest BCUT2D eigenvalue weighted by molar-refractivity contribution is 0.0403. The predicted molar refractivity (Wildman–Crippen MR) is 126 cm³/mol. The van der Waals surface area contributed by atoms with Gasteiger partial charge in [-0.25, -0.2) is 0 Å². The molecule has 0 aliphatic heterocycles. The molecule has 0 spiro atoms. The van der Waals surface area contributed by atoms with Crippen molar-refractivity contribution in [2.75, 3.05) is 31.7 Å². The van der Waals surface area contributed by atoms with Crippen LogP contribution < -0.4 is 11.1 Å². The van der Waals surface area contributed by atoms with E-state index >= 15 is 0 Å². The third-order valence-electron chi connectivity index (χ3n) is 4.58. The minimum atomic E-state index is 0. The second-order valence-electron chi connectivity index (χ2n) is 6.73. The molecule has 1 aliphatic rings. The average molecular weight is 495 g/mol. The van der Waals surface area contributed by atoms with E-state index in [9.17, 15) is 0 Å². The van der Waals surface area contributed by atoms with Gasteiger partial charge in [0.1, 0.15) is 0 Å². The number of rotatable bonds is 10. The standard InChI is InChI=1S/C22H29N3O2.HI/c23-22(25-21-11-10-19-8-4-9-20(19)16-21)24-12-5-13-26-14-15-27-17-18-6-2-1-3-7-18;/h1-3,6-7,10-11,16H,4-5,8-9,12-15,17H2,(H3,23,24,25);1H. The first kappa shape index (κ1) is 22.6. The van der Waals surface area contributed by atoms with E-state index in [2.05, 4.69) is 40.6 Å². The topological polar surface area (TPSA) is 68.9 Å². The van der Waals surface area contributed by atoms with E-state index in [1.54, 1.807) is 0 Å². The molecule has 0 fully saturated rings. The van der Waals surface area contributed by atoms with Crippen LogP contribution in [0.4, 0.5) is 5.69 Å². The van der Waals surface area contributed by atoms with Crippen LogP contribution in [0, 0.1) is 0 Å². The monoisotopic (exact) mass is 495 g/mol. The van der Waals surface area contributed by atoms with Gasteiger partial charge in [0.15, 0.2) is 5.96 Å². The molecule has 3 N–H and O–H groups in total. The lowest BCUT2D eigenvalue weighted by atomic mass is 10.1. The molecule has 0 amide bonds. The molecule has 0 unspecified atom stereocenters. The number of hydrogen-bond acceptors (Lipinski definition) is 3. The fourth-order valence-electron chi connectivity index (χ4n) is 3.19. The van der Waals surface area contributed by atoms with Crippen molar-refractivity contribution in [3.63, 3.8) is 0 Å². The Hall–Kier alpha value is -1.64. The molecule has 28 heavy (non-hydrogen) atoms. The Morgan fingerprint density at radius 1 is 0.964 bits per heavy atom. The van der Waals surface area contributed by atoms with Gasteiger partial charge in [-0.1, -0.05) is 36.4 Å². The van der Waals surface area contributed by atoms with Crippen LogP contribution in [0.2, 0.25) is 0 Å². The van der Waals surface area contributed by atoms with Crippen LogP contribution in [0.25, 0.3) is 0 Å². The number of halogens is 1. The first-order chi connectivity index (χ1) is 13.3. The molecule has 0 saturated carbocycles. The Balaban J connectivity index is 0.00000280. The molecule has 5 nitrogen and oxygen atoms in total. The number of nitrogens with zero attached hydrogens (tertiary/aromatic N) is 1. The van der Waals surface area contributed by atoms with Crippen molar-refractivity contribution < 1.29 is 9.47 Å². The van der Waals surface area contributed by atoms with Gasteiger partial charge in [0.05, 0.1) is 19.8 Å². The van der Waals surface area contributed by atoms with E-state index in [-0.39, 0.29) is 24.0 Å². The van der Waals surface area contributed by atoms with Gasteiger partial charge >= 0.3 is 0 Å². The van der Waals surface area contributed by atoms with Crippen LogP contribution in [0.1, 0.15) is 29.5 Å². The molecular weight excluding hydrogens is 465 g/mol. The van der Waals surface area contributed by atoms with Gasteiger partial charge in [-0.15, -0.1) is 24.0 Å². The molecular formula is C22H30IN3O2. The highest BCUT2D eigenvalue weighted by molar-refractivity contribution is 14.0. The molecule has 6 heteroatoms. The van der Waals surface area contributed by atoms with Crippen LogP contribution in [0.5, 0.6) is 0 Å². The van der Waals surface area contributed by atoms with E-state index < -0.39 is 0 Å². The zero-order valence-corrected chi connectivity index (χ0v) is 18.6. The van der Waals surface area contributed by atoms with Crippen molar-refractivity contribution in [2.45, 2.75) is 32.3 Å². The van der Waals surface area contributed by atoms with Crippen LogP contribution >= 0.6 is 24.0 Å². The van der Waals surface area contributed by atoms with E-state index in [4.69, 9.17) is 15.2 Å². The smallest absolute Gasteiger partial charge is 0.193 e. The number of aryl methyl sites for hydroxylation is 2. The summed E-state index contributed by atoms with van der Waals surface area (Å²) in [6, 6.07) is 16.6. The van der Waals surface area contributed by atoms with Crippen LogP contribution in [-0.2, 0) is 28.9 Å². The Labute approximate surface area is 184 Å². The van der Waals surface area contributed by atoms with E-state index in [1.807, 2.05) is 18.2 Å². The first-order valence-corrected chi connectivity index (χ1v) is 9.69. The maximum absolute atomic E-state index is 5.96. The molecule has 1 aliphatic carbocycles. The summed E-state index contributed by atoms with van der Waals surface area (Å²) < 4.78 is 11.1. The van der Waals surface area contributed by atoms with Crippen molar-refractivity contribution in [3.8, 4) is 0 Å². The number of aliphatic imine (C=N–C) groups is 1. The van der Waals surface area contributed by atoms with Gasteiger partial charge < -0.3 is 20.5 Å². The van der Waals surface area contributed by atoms with E-state index in [1.165, 1.54) is 29.5 Å². The molecule has 0 saturated heterocycles. The summed E-state index contributed by atoms with van der Waals surface area (Å²) in [6.07, 6.45) is 4.44. The van der Waals surface area contributed by atoms with Gasteiger partial charge in [0, 0.05) is 18.8 Å². The quantitative estimate of drug-likeness (QED) is 0.225. The fraction of sp³-hybridized carbons (Fsp3) is 0.409. The summed E-state index contributed by atoms with van der Waals surface area (Å²) in [7, 11) is 0. The predicted octanol–water partition coefficient (Wildman–Crippen LogP) is 4.14. The molecule has 0 atom stereocenters. The summed E-state index contributed by atoms with van der Waals surface area (Å²) in [6.45, 7) is 3.12. The second kappa shape index (κ2) is 12.7. The Bertz CT molecular complexity index is 738. The molecule has 0 radical (unpaired) electrons. The average Bonchev–Trinajstić information content (AvgIpc) is 3.15. The molecule has 0 bridgehead atoms. The van der Waals surface area contributed by atoms with Gasteiger partial charge in [-0.05, 0) is 54.5 Å². The van der Waals surface area contributed by atoms with Gasteiger partial charge in [0.2, 0.25) is 0 Å². The number of nitrogens with two attached hydrogens (primary N) is 1. The number of hydrogen-bond donors (Lipinski definition) is 2. The van der Waals surface area contributed by atoms with Crippen LogP contribution in [0.15, 0.2) is 53.5 Å². The maximum atomic E-state index is 5.96. The number of anilines is 1. The first-order valence-electron chi connectivity index (χ1n) is 9.69. The molecule has 0 heterocycles. The van der Waals surface area contributed by atoms with E-state index in [0.717, 1.165) is 18.5 Å². The van der Waals surface area contributed by atoms with Crippen LogP contribution in [-0.4, -0.2) is 32.3 Å². The summed E-state index contributed by atoms with van der Waals surface area (Å²) in [5.41, 5.74) is 11.0. The van der Waals surface area contributed by atoms with Gasteiger partial charge in [-0.2, -0.15) is 0 Å². The SMILES string of the molecule is I.NC(=NCCCOCCOCc1ccccc1)Nc1ccc2c(c1)CCC2. The molecule has 2 aromatic carbocycles.